The monoisotopic (exact) mass is 350 g/mol. The van der Waals surface area contributed by atoms with Gasteiger partial charge in [-0.1, -0.05) is 66.4 Å². The van der Waals surface area contributed by atoms with E-state index in [1.165, 1.54) is 5.56 Å². The van der Waals surface area contributed by atoms with Crippen molar-refractivity contribution in [2.24, 2.45) is 0 Å². The maximum absolute atomic E-state index is 12.3. The van der Waals surface area contributed by atoms with Gasteiger partial charge in [-0.2, -0.15) is 0 Å². The zero-order valence-corrected chi connectivity index (χ0v) is 14.5. The fourth-order valence-electron chi connectivity index (χ4n) is 2.88. The lowest BCUT2D eigenvalue weighted by atomic mass is 10.0. The largest absolute Gasteiger partial charge is 0.294 e. The first-order valence-electron chi connectivity index (χ1n) is 8.30. The predicted octanol–water partition coefficient (Wildman–Crippen LogP) is 3.62. The molecule has 1 aliphatic heterocycles. The van der Waals surface area contributed by atoms with Crippen molar-refractivity contribution < 1.29 is 4.79 Å². The van der Waals surface area contributed by atoms with Gasteiger partial charge in [0.1, 0.15) is 0 Å². The lowest BCUT2D eigenvalue weighted by Gasteiger charge is -2.14. The molecule has 0 unspecified atom stereocenters. The Kier molecular flexibility index (Phi) is 4.52. The molecule has 0 saturated carbocycles. The van der Waals surface area contributed by atoms with Gasteiger partial charge in [0.25, 0.3) is 0 Å². The normalized spacial score (nSPS) is 13.3. The second-order valence-electron chi connectivity index (χ2n) is 5.95. The summed E-state index contributed by atoms with van der Waals surface area (Å²) in [6.07, 6.45) is 1.39. The van der Waals surface area contributed by atoms with Crippen molar-refractivity contribution in [3.63, 3.8) is 0 Å². The molecule has 0 bridgehead atoms. The van der Waals surface area contributed by atoms with Crippen LogP contribution in [0.3, 0.4) is 0 Å². The lowest BCUT2D eigenvalue weighted by Crippen LogP contribution is -2.19. The summed E-state index contributed by atoms with van der Waals surface area (Å²) in [6, 6.07) is 18.3. The van der Waals surface area contributed by atoms with Gasteiger partial charge in [-0.15, -0.1) is 10.2 Å². The summed E-state index contributed by atoms with van der Waals surface area (Å²) in [5.74, 6) is 1.53. The number of nitrogens with one attached hydrogen (secondary N) is 1. The first-order chi connectivity index (χ1) is 12.3. The second-order valence-corrected chi connectivity index (χ2v) is 7.01. The van der Waals surface area contributed by atoms with Crippen LogP contribution in [0, 0.1) is 0 Å². The average Bonchev–Trinajstić information content (AvgIpc) is 3.06. The Morgan fingerprint density at radius 1 is 1.04 bits per heavy atom. The van der Waals surface area contributed by atoms with Crippen molar-refractivity contribution >= 4 is 23.6 Å². The SMILES string of the molecule is O=C(Cc1ccc(-c2ccccc2)cc1)Nc1nnc2n1CCCS2. The Morgan fingerprint density at radius 3 is 2.60 bits per heavy atom. The fraction of sp³-hybridized carbons (Fsp3) is 0.211. The number of carbonyl (C=O) groups excluding carboxylic acids is 1. The standard InChI is InChI=1S/C19H18N4OS/c24-17(20-18-21-22-19-23(18)11-4-12-25-19)13-14-7-9-16(10-8-14)15-5-2-1-3-6-15/h1-3,5-10H,4,11-13H2,(H,20,21,24). The lowest BCUT2D eigenvalue weighted by molar-refractivity contribution is -0.115. The molecule has 0 fully saturated rings. The Labute approximate surface area is 150 Å². The van der Waals surface area contributed by atoms with Crippen LogP contribution in [-0.4, -0.2) is 26.4 Å². The van der Waals surface area contributed by atoms with Crippen LogP contribution >= 0.6 is 11.8 Å². The molecular weight excluding hydrogens is 332 g/mol. The number of aromatic nitrogens is 3. The zero-order valence-electron chi connectivity index (χ0n) is 13.7. The van der Waals surface area contributed by atoms with Crippen molar-refractivity contribution in [3.8, 4) is 11.1 Å². The molecule has 126 valence electrons. The van der Waals surface area contributed by atoms with Crippen LogP contribution in [0.25, 0.3) is 11.1 Å². The highest BCUT2D eigenvalue weighted by Crippen LogP contribution is 2.25. The molecule has 6 heteroatoms. The highest BCUT2D eigenvalue weighted by atomic mass is 32.2. The minimum absolute atomic E-state index is 0.0711. The number of amides is 1. The van der Waals surface area contributed by atoms with Crippen LogP contribution in [0.5, 0.6) is 0 Å². The van der Waals surface area contributed by atoms with Gasteiger partial charge in [-0.05, 0) is 23.1 Å². The highest BCUT2D eigenvalue weighted by molar-refractivity contribution is 7.99. The molecule has 1 N–H and O–H groups in total. The molecule has 1 aromatic heterocycles. The number of hydrogen-bond acceptors (Lipinski definition) is 4. The molecule has 0 spiro atoms. The third-order valence-corrected chi connectivity index (χ3v) is 5.20. The van der Waals surface area contributed by atoms with E-state index in [9.17, 15) is 4.79 Å². The Bertz CT molecular complexity index is 874. The first-order valence-corrected chi connectivity index (χ1v) is 9.28. The molecule has 1 amide bonds. The molecule has 0 saturated heterocycles. The van der Waals surface area contributed by atoms with Gasteiger partial charge in [0.15, 0.2) is 5.16 Å². The van der Waals surface area contributed by atoms with Crippen molar-refractivity contribution in [2.45, 2.75) is 24.5 Å². The molecule has 3 aromatic rings. The van der Waals surface area contributed by atoms with Crippen molar-refractivity contribution in [3.05, 3.63) is 60.2 Å². The van der Waals surface area contributed by atoms with Crippen LogP contribution in [0.4, 0.5) is 5.95 Å². The Balaban J connectivity index is 1.42. The molecule has 0 aliphatic carbocycles. The fourth-order valence-corrected chi connectivity index (χ4v) is 3.76. The third kappa shape index (κ3) is 3.58. The van der Waals surface area contributed by atoms with Crippen LogP contribution in [0.2, 0.25) is 0 Å². The molecule has 2 heterocycles. The molecule has 2 aromatic carbocycles. The number of rotatable bonds is 4. The molecule has 5 nitrogen and oxygen atoms in total. The third-order valence-electron chi connectivity index (χ3n) is 4.15. The van der Waals surface area contributed by atoms with E-state index in [-0.39, 0.29) is 5.91 Å². The van der Waals surface area contributed by atoms with Gasteiger partial charge in [0.05, 0.1) is 6.42 Å². The number of fused-ring (bicyclic) bond motifs is 1. The van der Waals surface area contributed by atoms with E-state index in [1.54, 1.807) is 11.8 Å². The molecule has 0 atom stereocenters. The molecule has 1 aliphatic rings. The summed E-state index contributed by atoms with van der Waals surface area (Å²) in [7, 11) is 0. The van der Waals surface area contributed by atoms with Gasteiger partial charge >= 0.3 is 0 Å². The average molecular weight is 350 g/mol. The van der Waals surface area contributed by atoms with Crippen molar-refractivity contribution in [1.29, 1.82) is 0 Å². The van der Waals surface area contributed by atoms with Crippen LogP contribution in [0.15, 0.2) is 59.8 Å². The van der Waals surface area contributed by atoms with E-state index in [2.05, 4.69) is 27.6 Å². The van der Waals surface area contributed by atoms with Gasteiger partial charge in [0.2, 0.25) is 11.9 Å². The minimum Gasteiger partial charge on any atom is -0.294 e. The minimum atomic E-state index is -0.0711. The van der Waals surface area contributed by atoms with Gasteiger partial charge in [-0.3, -0.25) is 14.7 Å². The zero-order chi connectivity index (χ0) is 17.1. The maximum atomic E-state index is 12.3. The highest BCUT2D eigenvalue weighted by Gasteiger charge is 2.17. The van der Waals surface area contributed by atoms with E-state index in [0.29, 0.717) is 12.4 Å². The summed E-state index contributed by atoms with van der Waals surface area (Å²) < 4.78 is 1.98. The van der Waals surface area contributed by atoms with Crippen LogP contribution in [-0.2, 0) is 17.8 Å². The smallest absolute Gasteiger partial charge is 0.231 e. The number of thioether (sulfide) groups is 1. The summed E-state index contributed by atoms with van der Waals surface area (Å²) in [5.41, 5.74) is 3.30. The maximum Gasteiger partial charge on any atom is 0.231 e. The summed E-state index contributed by atoms with van der Waals surface area (Å²) >= 11 is 1.68. The van der Waals surface area contributed by atoms with E-state index >= 15 is 0 Å². The summed E-state index contributed by atoms with van der Waals surface area (Å²) in [4.78, 5) is 12.3. The van der Waals surface area contributed by atoms with Gasteiger partial charge < -0.3 is 0 Å². The Hall–Kier alpha value is -2.60. The molecule has 4 rings (SSSR count). The number of benzene rings is 2. The number of carbonyl (C=O) groups is 1. The summed E-state index contributed by atoms with van der Waals surface area (Å²) in [5, 5.41) is 12.0. The van der Waals surface area contributed by atoms with Crippen molar-refractivity contribution in [2.75, 3.05) is 11.1 Å². The Morgan fingerprint density at radius 2 is 1.80 bits per heavy atom. The molecular formula is C19H18N4OS. The van der Waals surface area contributed by atoms with E-state index < -0.39 is 0 Å². The number of anilines is 1. The van der Waals surface area contributed by atoms with Gasteiger partial charge in [0, 0.05) is 12.3 Å². The van der Waals surface area contributed by atoms with Gasteiger partial charge in [-0.25, -0.2) is 0 Å². The van der Waals surface area contributed by atoms with Crippen LogP contribution < -0.4 is 5.32 Å². The van der Waals surface area contributed by atoms with Crippen LogP contribution in [0.1, 0.15) is 12.0 Å². The van der Waals surface area contributed by atoms with Crippen molar-refractivity contribution in [1.82, 2.24) is 14.8 Å². The summed E-state index contributed by atoms with van der Waals surface area (Å²) in [6.45, 7) is 0.858. The number of nitrogens with zero attached hydrogens (tertiary/aromatic N) is 3. The van der Waals surface area contributed by atoms with E-state index in [4.69, 9.17) is 0 Å². The first kappa shape index (κ1) is 15.9. The second kappa shape index (κ2) is 7.11. The topological polar surface area (TPSA) is 59.8 Å². The quantitative estimate of drug-likeness (QED) is 0.781. The van der Waals surface area contributed by atoms with E-state index in [0.717, 1.165) is 35.0 Å². The number of hydrogen-bond donors (Lipinski definition) is 1. The van der Waals surface area contributed by atoms with E-state index in [1.807, 2.05) is 47.0 Å². The predicted molar refractivity (Wildman–Crippen MR) is 99.6 cm³/mol. The molecule has 25 heavy (non-hydrogen) atoms. The molecule has 0 radical (unpaired) electrons.